The number of rotatable bonds is 6. The van der Waals surface area contributed by atoms with Crippen LogP contribution in [0.25, 0.3) is 0 Å². The fraction of sp³-hybridized carbons (Fsp3) is 0.647. The van der Waals surface area contributed by atoms with Gasteiger partial charge in [0.25, 0.3) is 0 Å². The predicted octanol–water partition coefficient (Wildman–Crippen LogP) is 1.30. The number of thiophene rings is 1. The van der Waals surface area contributed by atoms with Crippen LogP contribution < -0.4 is 10.6 Å². The second-order valence-electron chi connectivity index (χ2n) is 6.37. The first-order chi connectivity index (χ1) is 11.7. The Labute approximate surface area is 146 Å². The van der Waals surface area contributed by atoms with Gasteiger partial charge in [-0.1, -0.05) is 0 Å². The van der Waals surface area contributed by atoms with Gasteiger partial charge in [-0.3, -0.25) is 14.5 Å². The Morgan fingerprint density at radius 2 is 2.04 bits per heavy atom. The van der Waals surface area contributed by atoms with Crippen LogP contribution in [0.5, 0.6) is 0 Å². The average molecular weight is 351 g/mol. The molecule has 0 aromatic carbocycles. The van der Waals surface area contributed by atoms with E-state index in [4.69, 9.17) is 4.74 Å². The molecule has 0 aliphatic carbocycles. The molecule has 0 bridgehead atoms. The van der Waals surface area contributed by atoms with E-state index in [1.54, 1.807) is 11.3 Å². The summed E-state index contributed by atoms with van der Waals surface area (Å²) >= 11 is 1.66. The monoisotopic (exact) mass is 351 g/mol. The lowest BCUT2D eigenvalue weighted by Crippen LogP contribution is -2.45. The van der Waals surface area contributed by atoms with Gasteiger partial charge in [-0.25, -0.2) is 0 Å². The van der Waals surface area contributed by atoms with Gasteiger partial charge in [0.1, 0.15) is 0 Å². The van der Waals surface area contributed by atoms with E-state index in [0.29, 0.717) is 13.1 Å². The van der Waals surface area contributed by atoms with Crippen molar-refractivity contribution >= 4 is 23.2 Å². The third-order valence-corrected chi connectivity index (χ3v) is 5.39. The zero-order chi connectivity index (χ0) is 16.8. The van der Waals surface area contributed by atoms with Crippen LogP contribution in [-0.4, -0.2) is 55.6 Å². The molecule has 2 N–H and O–H groups in total. The fourth-order valence-electron chi connectivity index (χ4n) is 3.34. The van der Waals surface area contributed by atoms with Crippen LogP contribution in [0.4, 0.5) is 0 Å². The molecule has 1 aromatic rings. The second kappa shape index (κ2) is 8.60. The van der Waals surface area contributed by atoms with Crippen molar-refractivity contribution in [3.05, 3.63) is 22.4 Å². The van der Waals surface area contributed by atoms with Gasteiger partial charge in [-0.2, -0.15) is 11.3 Å². The lowest BCUT2D eigenvalue weighted by Gasteiger charge is -2.27. The lowest BCUT2D eigenvalue weighted by atomic mass is 10.1. The van der Waals surface area contributed by atoms with Gasteiger partial charge < -0.3 is 15.4 Å². The lowest BCUT2D eigenvalue weighted by molar-refractivity contribution is -0.139. The van der Waals surface area contributed by atoms with Crippen molar-refractivity contribution < 1.29 is 14.3 Å². The molecule has 24 heavy (non-hydrogen) atoms. The molecular formula is C17H25N3O3S. The molecule has 0 radical (unpaired) electrons. The molecule has 3 heterocycles. The van der Waals surface area contributed by atoms with Crippen molar-refractivity contribution in [3.63, 3.8) is 0 Å². The Hall–Kier alpha value is -1.44. The van der Waals surface area contributed by atoms with Crippen molar-refractivity contribution in [1.29, 1.82) is 0 Å². The van der Waals surface area contributed by atoms with Crippen LogP contribution in [-0.2, 0) is 14.3 Å². The van der Waals surface area contributed by atoms with Gasteiger partial charge in [0.05, 0.1) is 12.1 Å². The van der Waals surface area contributed by atoms with Gasteiger partial charge in [0.15, 0.2) is 0 Å². The SMILES string of the molecule is O=C(NCC1CCCO1)C(=O)NCC(c1ccsc1)N1CCCC1. The van der Waals surface area contributed by atoms with Gasteiger partial charge in [-0.05, 0) is 61.2 Å². The fourth-order valence-corrected chi connectivity index (χ4v) is 4.04. The highest BCUT2D eigenvalue weighted by molar-refractivity contribution is 7.07. The molecule has 7 heteroatoms. The number of hydrogen-bond donors (Lipinski definition) is 2. The van der Waals surface area contributed by atoms with Gasteiger partial charge in [-0.15, -0.1) is 0 Å². The van der Waals surface area contributed by atoms with E-state index in [1.807, 2.05) is 0 Å². The van der Waals surface area contributed by atoms with E-state index in [1.165, 1.54) is 18.4 Å². The summed E-state index contributed by atoms with van der Waals surface area (Å²) < 4.78 is 5.45. The highest BCUT2D eigenvalue weighted by Crippen LogP contribution is 2.26. The van der Waals surface area contributed by atoms with Crippen molar-refractivity contribution in [2.24, 2.45) is 0 Å². The minimum absolute atomic E-state index is 0.0462. The van der Waals surface area contributed by atoms with Crippen LogP contribution in [0.1, 0.15) is 37.3 Å². The minimum Gasteiger partial charge on any atom is -0.376 e. The zero-order valence-electron chi connectivity index (χ0n) is 13.8. The Kier molecular flexibility index (Phi) is 6.23. The topological polar surface area (TPSA) is 70.7 Å². The third kappa shape index (κ3) is 4.55. The summed E-state index contributed by atoms with van der Waals surface area (Å²) in [5.41, 5.74) is 1.21. The molecule has 2 aliphatic heterocycles. The van der Waals surface area contributed by atoms with E-state index < -0.39 is 11.8 Å². The first kappa shape index (κ1) is 17.4. The molecule has 0 saturated carbocycles. The van der Waals surface area contributed by atoms with Gasteiger partial charge in [0.2, 0.25) is 0 Å². The first-order valence-electron chi connectivity index (χ1n) is 8.68. The summed E-state index contributed by atoms with van der Waals surface area (Å²) in [6, 6.07) is 2.24. The Morgan fingerprint density at radius 3 is 2.71 bits per heavy atom. The maximum Gasteiger partial charge on any atom is 0.309 e. The number of hydrogen-bond acceptors (Lipinski definition) is 5. The number of carbonyl (C=O) groups excluding carboxylic acids is 2. The molecule has 1 aromatic heterocycles. The first-order valence-corrected chi connectivity index (χ1v) is 9.62. The Bertz CT molecular complexity index is 537. The van der Waals surface area contributed by atoms with E-state index in [-0.39, 0.29) is 12.1 Å². The van der Waals surface area contributed by atoms with E-state index in [9.17, 15) is 9.59 Å². The number of nitrogens with zero attached hydrogens (tertiary/aromatic N) is 1. The highest BCUT2D eigenvalue weighted by Gasteiger charge is 2.25. The van der Waals surface area contributed by atoms with Crippen molar-refractivity contribution in [2.45, 2.75) is 37.8 Å². The quantitative estimate of drug-likeness (QED) is 0.758. The molecule has 0 spiro atoms. The van der Waals surface area contributed by atoms with Crippen LogP contribution in [0.2, 0.25) is 0 Å². The number of likely N-dealkylation sites (tertiary alicyclic amines) is 1. The largest absolute Gasteiger partial charge is 0.376 e. The summed E-state index contributed by atoms with van der Waals surface area (Å²) in [6.45, 7) is 3.70. The molecule has 132 valence electrons. The number of nitrogens with one attached hydrogen (secondary N) is 2. The van der Waals surface area contributed by atoms with Crippen LogP contribution in [0.3, 0.4) is 0 Å². The minimum atomic E-state index is -0.573. The maximum atomic E-state index is 12.1. The standard InChI is InChI=1S/C17H25N3O3S/c21-16(18-10-14-4-3-8-23-14)17(22)19-11-15(13-5-9-24-12-13)20-6-1-2-7-20/h5,9,12,14-15H,1-4,6-8,10-11H2,(H,18,21)(H,19,22). The summed E-state index contributed by atoms with van der Waals surface area (Å²) in [4.78, 5) is 26.4. The Morgan fingerprint density at radius 1 is 1.25 bits per heavy atom. The molecule has 2 fully saturated rings. The maximum absolute atomic E-state index is 12.1. The summed E-state index contributed by atoms with van der Waals surface area (Å²) in [7, 11) is 0. The van der Waals surface area contributed by atoms with Gasteiger partial charge in [0, 0.05) is 19.7 Å². The summed E-state index contributed by atoms with van der Waals surface area (Å²) in [5.74, 6) is -1.14. The number of carbonyl (C=O) groups is 2. The highest BCUT2D eigenvalue weighted by atomic mass is 32.1. The molecular weight excluding hydrogens is 326 g/mol. The average Bonchev–Trinajstić information content (AvgIpc) is 3.35. The normalized spacial score (nSPS) is 22.4. The molecule has 2 atom stereocenters. The molecule has 3 rings (SSSR count). The smallest absolute Gasteiger partial charge is 0.309 e. The summed E-state index contributed by atoms with van der Waals surface area (Å²) in [6.07, 6.45) is 4.39. The second-order valence-corrected chi connectivity index (χ2v) is 7.15. The predicted molar refractivity (Wildman–Crippen MR) is 92.9 cm³/mol. The van der Waals surface area contributed by atoms with E-state index in [0.717, 1.165) is 32.5 Å². The van der Waals surface area contributed by atoms with Gasteiger partial charge >= 0.3 is 11.8 Å². The molecule has 2 amide bonds. The Balaban J connectivity index is 1.48. The van der Waals surface area contributed by atoms with E-state index in [2.05, 4.69) is 32.4 Å². The van der Waals surface area contributed by atoms with Crippen LogP contribution in [0.15, 0.2) is 16.8 Å². The van der Waals surface area contributed by atoms with Crippen molar-refractivity contribution in [1.82, 2.24) is 15.5 Å². The molecule has 2 aliphatic rings. The zero-order valence-corrected chi connectivity index (χ0v) is 14.6. The number of ether oxygens (including phenoxy) is 1. The van der Waals surface area contributed by atoms with Crippen LogP contribution in [0, 0.1) is 0 Å². The molecule has 6 nitrogen and oxygen atoms in total. The van der Waals surface area contributed by atoms with Crippen LogP contribution >= 0.6 is 11.3 Å². The van der Waals surface area contributed by atoms with Crippen molar-refractivity contribution in [2.75, 3.05) is 32.8 Å². The third-order valence-electron chi connectivity index (χ3n) is 4.69. The summed E-state index contributed by atoms with van der Waals surface area (Å²) in [5, 5.41) is 9.63. The number of amides is 2. The van der Waals surface area contributed by atoms with Crippen molar-refractivity contribution in [3.8, 4) is 0 Å². The van der Waals surface area contributed by atoms with E-state index >= 15 is 0 Å². The molecule has 2 unspecified atom stereocenters. The molecule has 2 saturated heterocycles.